The topological polar surface area (TPSA) is 67.3 Å². The Balaban J connectivity index is 1.84. The van der Waals surface area contributed by atoms with Gasteiger partial charge in [-0.3, -0.25) is 4.98 Å². The summed E-state index contributed by atoms with van der Waals surface area (Å²) in [5.74, 6) is 0.355. The average molecular weight is 290 g/mol. The van der Waals surface area contributed by atoms with E-state index in [4.69, 9.17) is 4.74 Å². The number of piperidine rings is 1. The van der Waals surface area contributed by atoms with Crippen molar-refractivity contribution in [2.24, 2.45) is 0 Å². The Hall–Kier alpha value is -1.69. The maximum atomic E-state index is 11.6. The predicted octanol–water partition coefficient (Wildman–Crippen LogP) is 1.37. The number of rotatable bonds is 3. The van der Waals surface area contributed by atoms with Crippen molar-refractivity contribution in [2.75, 3.05) is 25.1 Å². The molecule has 2 unspecified atom stereocenters. The van der Waals surface area contributed by atoms with E-state index in [0.717, 1.165) is 25.3 Å². The Morgan fingerprint density at radius 2 is 2.24 bits per heavy atom. The molecule has 2 aliphatic rings. The summed E-state index contributed by atoms with van der Waals surface area (Å²) in [6, 6.07) is 0.970. The van der Waals surface area contributed by atoms with Gasteiger partial charge >= 0.3 is 5.97 Å². The van der Waals surface area contributed by atoms with Gasteiger partial charge in [0.05, 0.1) is 19.5 Å². The fourth-order valence-electron chi connectivity index (χ4n) is 3.40. The van der Waals surface area contributed by atoms with E-state index < -0.39 is 5.97 Å². The maximum absolute atomic E-state index is 11.6. The molecule has 0 spiro atoms. The van der Waals surface area contributed by atoms with Gasteiger partial charge in [0.25, 0.3) is 0 Å². The summed E-state index contributed by atoms with van der Waals surface area (Å²) in [4.78, 5) is 22.6. The van der Waals surface area contributed by atoms with Crippen LogP contribution in [0.25, 0.3) is 0 Å². The highest BCUT2D eigenvalue weighted by molar-refractivity contribution is 5.87. The molecule has 2 saturated heterocycles. The van der Waals surface area contributed by atoms with E-state index >= 15 is 0 Å². The molecule has 0 saturated carbocycles. The number of ether oxygens (including phenoxy) is 1. The number of anilines is 1. The van der Waals surface area contributed by atoms with Crippen LogP contribution in [-0.2, 0) is 4.74 Å². The lowest BCUT2D eigenvalue weighted by molar-refractivity contribution is 0.0593. The zero-order valence-electron chi connectivity index (χ0n) is 12.4. The van der Waals surface area contributed by atoms with Gasteiger partial charge in [-0.25, -0.2) is 9.78 Å². The number of hydrogen-bond acceptors (Lipinski definition) is 6. The molecule has 2 fully saturated rings. The van der Waals surface area contributed by atoms with Crippen LogP contribution in [-0.4, -0.2) is 48.2 Å². The van der Waals surface area contributed by atoms with Crippen LogP contribution in [0.2, 0.25) is 0 Å². The Kier molecular flexibility index (Phi) is 4.34. The Bertz CT molecular complexity index is 502. The molecule has 6 nitrogen and oxygen atoms in total. The van der Waals surface area contributed by atoms with E-state index in [2.05, 4.69) is 20.2 Å². The van der Waals surface area contributed by atoms with Gasteiger partial charge in [-0.1, -0.05) is 0 Å². The molecular weight excluding hydrogens is 268 g/mol. The Morgan fingerprint density at radius 3 is 3.00 bits per heavy atom. The molecule has 3 rings (SSSR count). The minimum atomic E-state index is -0.433. The van der Waals surface area contributed by atoms with E-state index in [1.165, 1.54) is 39.0 Å². The minimum absolute atomic E-state index is 0.277. The summed E-state index contributed by atoms with van der Waals surface area (Å²) in [5, 5.41) is 3.59. The fraction of sp³-hybridized carbons (Fsp3) is 0.667. The predicted molar refractivity (Wildman–Crippen MR) is 79.4 cm³/mol. The maximum Gasteiger partial charge on any atom is 0.358 e. The number of nitrogens with one attached hydrogen (secondary N) is 1. The van der Waals surface area contributed by atoms with Crippen molar-refractivity contribution in [3.05, 3.63) is 18.1 Å². The standard InChI is InChI=1S/C15H22N4O2/c1-21-15(20)12-9-16-10-14(18-12)19-8-3-2-6-13(19)11-5-4-7-17-11/h9-11,13,17H,2-8H2,1H3. The lowest BCUT2D eigenvalue weighted by Crippen LogP contribution is -2.50. The summed E-state index contributed by atoms with van der Waals surface area (Å²) in [6.45, 7) is 2.07. The summed E-state index contributed by atoms with van der Waals surface area (Å²) < 4.78 is 4.73. The molecule has 1 aromatic heterocycles. The van der Waals surface area contributed by atoms with Gasteiger partial charge in [0, 0.05) is 18.6 Å². The van der Waals surface area contributed by atoms with E-state index in [9.17, 15) is 4.79 Å². The van der Waals surface area contributed by atoms with Gasteiger partial charge in [0.15, 0.2) is 5.69 Å². The first-order valence-electron chi connectivity index (χ1n) is 7.70. The largest absolute Gasteiger partial charge is 0.464 e. The zero-order chi connectivity index (χ0) is 14.7. The third-order valence-corrected chi connectivity index (χ3v) is 4.42. The third-order valence-electron chi connectivity index (χ3n) is 4.42. The minimum Gasteiger partial charge on any atom is -0.464 e. The van der Waals surface area contributed by atoms with Crippen molar-refractivity contribution in [3.8, 4) is 0 Å². The van der Waals surface area contributed by atoms with Crippen LogP contribution in [0.4, 0.5) is 5.82 Å². The van der Waals surface area contributed by atoms with Gasteiger partial charge in [0.1, 0.15) is 5.82 Å². The molecule has 114 valence electrons. The number of carbonyl (C=O) groups excluding carboxylic acids is 1. The van der Waals surface area contributed by atoms with E-state index in [1.807, 2.05) is 0 Å². The van der Waals surface area contributed by atoms with Crippen LogP contribution in [0.3, 0.4) is 0 Å². The normalized spacial score (nSPS) is 25.9. The van der Waals surface area contributed by atoms with Gasteiger partial charge in [-0.2, -0.15) is 0 Å². The van der Waals surface area contributed by atoms with Crippen molar-refractivity contribution >= 4 is 11.8 Å². The molecule has 1 N–H and O–H groups in total. The molecule has 2 aliphatic heterocycles. The number of nitrogens with zero attached hydrogens (tertiary/aromatic N) is 3. The molecule has 0 bridgehead atoms. The van der Waals surface area contributed by atoms with E-state index in [1.54, 1.807) is 6.20 Å². The molecule has 6 heteroatoms. The average Bonchev–Trinajstić information content (AvgIpc) is 3.08. The van der Waals surface area contributed by atoms with E-state index in [0.29, 0.717) is 12.1 Å². The number of carbonyl (C=O) groups is 1. The number of methoxy groups -OCH3 is 1. The zero-order valence-corrected chi connectivity index (χ0v) is 12.4. The summed E-state index contributed by atoms with van der Waals surface area (Å²) in [7, 11) is 1.36. The van der Waals surface area contributed by atoms with Crippen LogP contribution in [0, 0.1) is 0 Å². The van der Waals surface area contributed by atoms with Crippen LogP contribution >= 0.6 is 0 Å². The molecule has 1 aromatic rings. The lowest BCUT2D eigenvalue weighted by atomic mass is 9.94. The molecule has 0 aliphatic carbocycles. The van der Waals surface area contributed by atoms with Crippen molar-refractivity contribution in [2.45, 2.75) is 44.2 Å². The van der Waals surface area contributed by atoms with Gasteiger partial charge < -0.3 is 15.0 Å². The van der Waals surface area contributed by atoms with Crippen LogP contribution < -0.4 is 10.2 Å². The van der Waals surface area contributed by atoms with Crippen molar-refractivity contribution in [1.82, 2.24) is 15.3 Å². The third kappa shape index (κ3) is 3.00. The van der Waals surface area contributed by atoms with Gasteiger partial charge in [-0.05, 0) is 38.6 Å². The molecule has 0 aromatic carbocycles. The molecule has 0 radical (unpaired) electrons. The van der Waals surface area contributed by atoms with Crippen LogP contribution in [0.15, 0.2) is 12.4 Å². The van der Waals surface area contributed by atoms with E-state index in [-0.39, 0.29) is 5.69 Å². The first kappa shape index (κ1) is 14.3. The molecule has 2 atom stereocenters. The van der Waals surface area contributed by atoms with Crippen LogP contribution in [0.1, 0.15) is 42.6 Å². The number of esters is 1. The highest BCUT2D eigenvalue weighted by Crippen LogP contribution is 2.27. The second-order valence-electron chi connectivity index (χ2n) is 5.71. The number of aromatic nitrogens is 2. The first-order valence-corrected chi connectivity index (χ1v) is 7.70. The molecule has 21 heavy (non-hydrogen) atoms. The summed E-state index contributed by atoms with van der Waals surface area (Å²) >= 11 is 0. The second-order valence-corrected chi connectivity index (χ2v) is 5.71. The fourth-order valence-corrected chi connectivity index (χ4v) is 3.40. The number of hydrogen-bond donors (Lipinski definition) is 1. The quantitative estimate of drug-likeness (QED) is 0.848. The highest BCUT2D eigenvalue weighted by Gasteiger charge is 2.32. The summed E-state index contributed by atoms with van der Waals surface area (Å²) in [6.07, 6.45) is 9.24. The molecular formula is C15H22N4O2. The lowest BCUT2D eigenvalue weighted by Gasteiger charge is -2.40. The first-order chi connectivity index (χ1) is 10.3. The molecule has 3 heterocycles. The van der Waals surface area contributed by atoms with Crippen molar-refractivity contribution in [1.29, 1.82) is 0 Å². The SMILES string of the molecule is COC(=O)c1cncc(N2CCCCC2C2CCCN2)n1. The van der Waals surface area contributed by atoms with Gasteiger partial charge in [0.2, 0.25) is 0 Å². The van der Waals surface area contributed by atoms with Crippen molar-refractivity contribution in [3.63, 3.8) is 0 Å². The smallest absolute Gasteiger partial charge is 0.358 e. The molecule has 0 amide bonds. The summed E-state index contributed by atoms with van der Waals surface area (Å²) in [5.41, 5.74) is 0.277. The highest BCUT2D eigenvalue weighted by atomic mass is 16.5. The van der Waals surface area contributed by atoms with Crippen molar-refractivity contribution < 1.29 is 9.53 Å². The Morgan fingerprint density at radius 1 is 1.33 bits per heavy atom. The van der Waals surface area contributed by atoms with Gasteiger partial charge in [-0.15, -0.1) is 0 Å². The monoisotopic (exact) mass is 290 g/mol. The second kappa shape index (κ2) is 6.39. The van der Waals surface area contributed by atoms with Crippen LogP contribution in [0.5, 0.6) is 0 Å². The Labute approximate surface area is 124 Å².